The lowest BCUT2D eigenvalue weighted by molar-refractivity contribution is 0.120. The number of nitrogens with zero attached hydrogens (tertiary/aromatic N) is 1. The van der Waals surface area contributed by atoms with E-state index in [1.165, 1.54) is 12.1 Å². The van der Waals surface area contributed by atoms with E-state index in [1.807, 2.05) is 14.0 Å². The van der Waals surface area contributed by atoms with Crippen molar-refractivity contribution in [3.05, 3.63) is 35.1 Å². The van der Waals surface area contributed by atoms with Crippen LogP contribution in [0.4, 0.5) is 4.39 Å². The molecule has 1 aromatic rings. The third-order valence-electron chi connectivity index (χ3n) is 2.65. The molecule has 3 nitrogen and oxygen atoms in total. The summed E-state index contributed by atoms with van der Waals surface area (Å²) in [5, 5.41) is 0. The lowest BCUT2D eigenvalue weighted by Crippen LogP contribution is -2.23. The van der Waals surface area contributed by atoms with Gasteiger partial charge in [0.25, 0.3) is 0 Å². The fourth-order valence-corrected chi connectivity index (χ4v) is 1.67. The summed E-state index contributed by atoms with van der Waals surface area (Å²) in [6.45, 7) is 5.42. The number of rotatable bonds is 7. The largest absolute Gasteiger partial charge is 0.380 e. The van der Waals surface area contributed by atoms with Crippen LogP contribution in [0.5, 0.6) is 0 Å². The maximum atomic E-state index is 13.0. The zero-order valence-electron chi connectivity index (χ0n) is 10.6. The van der Waals surface area contributed by atoms with Gasteiger partial charge in [-0.25, -0.2) is 4.39 Å². The van der Waals surface area contributed by atoms with Crippen LogP contribution in [-0.2, 0) is 17.8 Å². The molecule has 0 atom stereocenters. The molecule has 1 aromatic carbocycles. The Morgan fingerprint density at radius 2 is 2.12 bits per heavy atom. The first-order chi connectivity index (χ1) is 8.17. The average Bonchev–Trinajstić information content (AvgIpc) is 2.32. The van der Waals surface area contributed by atoms with Crippen LogP contribution in [0.2, 0.25) is 0 Å². The van der Waals surface area contributed by atoms with E-state index >= 15 is 0 Å². The number of benzene rings is 1. The molecular formula is C13H21FN2O. The molecule has 0 spiro atoms. The quantitative estimate of drug-likeness (QED) is 0.738. The molecule has 0 fully saturated rings. The van der Waals surface area contributed by atoms with E-state index in [1.54, 1.807) is 6.07 Å². The van der Waals surface area contributed by atoms with Crippen molar-refractivity contribution in [2.75, 3.05) is 26.8 Å². The number of hydrogen-bond acceptors (Lipinski definition) is 3. The van der Waals surface area contributed by atoms with Gasteiger partial charge < -0.3 is 10.5 Å². The zero-order valence-corrected chi connectivity index (χ0v) is 10.6. The van der Waals surface area contributed by atoms with Crippen LogP contribution in [0.25, 0.3) is 0 Å². The average molecular weight is 240 g/mol. The summed E-state index contributed by atoms with van der Waals surface area (Å²) < 4.78 is 18.3. The van der Waals surface area contributed by atoms with Crippen molar-refractivity contribution in [2.24, 2.45) is 5.73 Å². The smallest absolute Gasteiger partial charge is 0.123 e. The normalized spacial score (nSPS) is 11.1. The Kier molecular flexibility index (Phi) is 6.11. The van der Waals surface area contributed by atoms with Gasteiger partial charge in [-0.2, -0.15) is 0 Å². The van der Waals surface area contributed by atoms with Gasteiger partial charge in [-0.05, 0) is 37.2 Å². The minimum atomic E-state index is -0.230. The molecule has 0 saturated heterocycles. The van der Waals surface area contributed by atoms with Crippen LogP contribution in [-0.4, -0.2) is 31.7 Å². The summed E-state index contributed by atoms with van der Waals surface area (Å²) >= 11 is 0. The van der Waals surface area contributed by atoms with Gasteiger partial charge in [-0.3, -0.25) is 4.90 Å². The topological polar surface area (TPSA) is 38.5 Å². The van der Waals surface area contributed by atoms with Gasteiger partial charge in [0, 0.05) is 26.2 Å². The minimum Gasteiger partial charge on any atom is -0.380 e. The lowest BCUT2D eigenvalue weighted by atomic mass is 10.1. The third-order valence-corrected chi connectivity index (χ3v) is 2.65. The van der Waals surface area contributed by atoms with Crippen LogP contribution in [0.15, 0.2) is 18.2 Å². The van der Waals surface area contributed by atoms with Crippen molar-refractivity contribution in [1.29, 1.82) is 0 Å². The van der Waals surface area contributed by atoms with E-state index in [2.05, 4.69) is 4.90 Å². The summed E-state index contributed by atoms with van der Waals surface area (Å²) in [5.41, 5.74) is 7.55. The molecule has 4 heteroatoms. The monoisotopic (exact) mass is 240 g/mol. The second-order valence-corrected chi connectivity index (χ2v) is 4.05. The molecule has 0 unspecified atom stereocenters. The highest BCUT2D eigenvalue weighted by molar-refractivity contribution is 5.27. The van der Waals surface area contributed by atoms with E-state index in [9.17, 15) is 4.39 Å². The summed E-state index contributed by atoms with van der Waals surface area (Å²) in [7, 11) is 2.02. The van der Waals surface area contributed by atoms with Crippen LogP contribution in [0, 0.1) is 5.82 Å². The van der Waals surface area contributed by atoms with Crippen molar-refractivity contribution in [3.8, 4) is 0 Å². The highest BCUT2D eigenvalue weighted by Gasteiger charge is 2.06. The Bertz CT molecular complexity index is 344. The van der Waals surface area contributed by atoms with Crippen LogP contribution >= 0.6 is 0 Å². The predicted octanol–water partition coefficient (Wildman–Crippen LogP) is 1.75. The molecule has 0 aliphatic heterocycles. The molecule has 2 N–H and O–H groups in total. The summed E-state index contributed by atoms with van der Waals surface area (Å²) in [6.07, 6.45) is 0. The van der Waals surface area contributed by atoms with Crippen LogP contribution in [0.1, 0.15) is 18.1 Å². The lowest BCUT2D eigenvalue weighted by Gasteiger charge is -2.18. The Morgan fingerprint density at radius 3 is 2.76 bits per heavy atom. The predicted molar refractivity (Wildman–Crippen MR) is 67.1 cm³/mol. The highest BCUT2D eigenvalue weighted by Crippen LogP contribution is 2.12. The molecule has 0 saturated carbocycles. The van der Waals surface area contributed by atoms with Gasteiger partial charge in [0.05, 0.1) is 6.61 Å². The SMILES string of the molecule is CCOCCN(C)Cc1ccc(F)cc1CN. The van der Waals surface area contributed by atoms with Crippen molar-refractivity contribution >= 4 is 0 Å². The molecule has 0 amide bonds. The first kappa shape index (κ1) is 14.1. The Labute approximate surface area is 102 Å². The van der Waals surface area contributed by atoms with Crippen LogP contribution in [0.3, 0.4) is 0 Å². The number of halogens is 1. The summed E-state index contributed by atoms with van der Waals surface area (Å²) in [4.78, 5) is 2.14. The molecule has 0 aliphatic rings. The molecule has 0 bridgehead atoms. The highest BCUT2D eigenvalue weighted by atomic mass is 19.1. The molecular weight excluding hydrogens is 219 g/mol. The molecule has 0 aromatic heterocycles. The van der Waals surface area contributed by atoms with Gasteiger partial charge in [-0.1, -0.05) is 6.07 Å². The van der Waals surface area contributed by atoms with Gasteiger partial charge in [0.1, 0.15) is 5.82 Å². The molecule has 17 heavy (non-hydrogen) atoms. The van der Waals surface area contributed by atoms with E-state index in [0.29, 0.717) is 13.2 Å². The fraction of sp³-hybridized carbons (Fsp3) is 0.538. The van der Waals surface area contributed by atoms with E-state index in [4.69, 9.17) is 10.5 Å². The van der Waals surface area contributed by atoms with Gasteiger partial charge in [-0.15, -0.1) is 0 Å². The van der Waals surface area contributed by atoms with Gasteiger partial charge in [0.15, 0.2) is 0 Å². The van der Waals surface area contributed by atoms with Crippen molar-refractivity contribution in [1.82, 2.24) is 4.90 Å². The van der Waals surface area contributed by atoms with Crippen molar-refractivity contribution in [3.63, 3.8) is 0 Å². The summed E-state index contributed by atoms with van der Waals surface area (Å²) in [5.74, 6) is -0.230. The summed E-state index contributed by atoms with van der Waals surface area (Å²) in [6, 6.07) is 4.78. The second-order valence-electron chi connectivity index (χ2n) is 4.05. The molecule has 96 valence electrons. The van der Waals surface area contributed by atoms with Gasteiger partial charge in [0.2, 0.25) is 0 Å². The fourth-order valence-electron chi connectivity index (χ4n) is 1.67. The number of nitrogens with two attached hydrogens (primary N) is 1. The van der Waals surface area contributed by atoms with Crippen molar-refractivity contribution in [2.45, 2.75) is 20.0 Å². The maximum Gasteiger partial charge on any atom is 0.123 e. The Morgan fingerprint density at radius 1 is 1.35 bits per heavy atom. The van der Waals surface area contributed by atoms with Crippen LogP contribution < -0.4 is 5.73 Å². The molecule has 0 heterocycles. The second kappa shape index (κ2) is 7.37. The zero-order chi connectivity index (χ0) is 12.7. The number of ether oxygens (including phenoxy) is 1. The van der Waals surface area contributed by atoms with E-state index < -0.39 is 0 Å². The first-order valence-corrected chi connectivity index (χ1v) is 5.91. The van der Waals surface area contributed by atoms with Crippen molar-refractivity contribution < 1.29 is 9.13 Å². The number of likely N-dealkylation sites (N-methyl/N-ethyl adjacent to an activating group) is 1. The Hall–Kier alpha value is -0.970. The number of hydrogen-bond donors (Lipinski definition) is 1. The first-order valence-electron chi connectivity index (χ1n) is 5.91. The minimum absolute atomic E-state index is 0.230. The van der Waals surface area contributed by atoms with E-state index in [0.717, 1.165) is 30.8 Å². The Balaban J connectivity index is 2.55. The molecule has 0 aliphatic carbocycles. The molecule has 0 radical (unpaired) electrons. The standard InChI is InChI=1S/C13H21FN2O/c1-3-17-7-6-16(2)10-11-4-5-13(14)8-12(11)9-15/h4-5,8H,3,6-7,9-10,15H2,1-2H3. The van der Waals surface area contributed by atoms with E-state index in [-0.39, 0.29) is 5.82 Å². The molecule has 1 rings (SSSR count). The maximum absolute atomic E-state index is 13.0. The third kappa shape index (κ3) is 4.81. The van der Waals surface area contributed by atoms with Gasteiger partial charge >= 0.3 is 0 Å².